The van der Waals surface area contributed by atoms with Gasteiger partial charge in [0, 0.05) is 13.6 Å². The average Bonchev–Trinajstić information content (AvgIpc) is 2.49. The normalized spacial score (nSPS) is 10.2. The number of hydrogen-bond donors (Lipinski definition) is 1. The summed E-state index contributed by atoms with van der Waals surface area (Å²) in [5.74, 6) is -0.681. The van der Waals surface area contributed by atoms with Crippen molar-refractivity contribution in [1.29, 1.82) is 0 Å². The number of carbonyl (C=O) groups excluding carboxylic acids is 1. The quantitative estimate of drug-likeness (QED) is 0.694. The van der Waals surface area contributed by atoms with E-state index in [2.05, 4.69) is 0 Å². The maximum absolute atomic E-state index is 12.9. The lowest BCUT2D eigenvalue weighted by atomic mass is 10.1. The molecule has 4 nitrogen and oxygen atoms in total. The third-order valence-corrected chi connectivity index (χ3v) is 3.20. The van der Waals surface area contributed by atoms with Gasteiger partial charge in [0.05, 0.1) is 24.0 Å². The lowest BCUT2D eigenvalue weighted by Gasteiger charge is -2.21. The first-order valence-corrected chi connectivity index (χ1v) is 6.44. The zero-order valence-electron chi connectivity index (χ0n) is 12.0. The lowest BCUT2D eigenvalue weighted by molar-refractivity contribution is 0.0601. The third-order valence-electron chi connectivity index (χ3n) is 3.20. The Balaban J connectivity index is 2.23. The molecule has 0 saturated carbocycles. The molecule has 0 aliphatic rings. The van der Waals surface area contributed by atoms with E-state index in [0.29, 0.717) is 17.8 Å². The van der Waals surface area contributed by atoms with Crippen molar-refractivity contribution < 1.29 is 13.9 Å². The van der Waals surface area contributed by atoms with Crippen LogP contribution >= 0.6 is 0 Å². The summed E-state index contributed by atoms with van der Waals surface area (Å²) in [6.07, 6.45) is 0. The minimum Gasteiger partial charge on any atom is -0.465 e. The van der Waals surface area contributed by atoms with Crippen LogP contribution in [-0.4, -0.2) is 20.1 Å². The second-order valence-electron chi connectivity index (χ2n) is 4.75. The summed E-state index contributed by atoms with van der Waals surface area (Å²) in [5.41, 5.74) is 8.63. The van der Waals surface area contributed by atoms with Crippen molar-refractivity contribution in [2.24, 2.45) is 0 Å². The minimum absolute atomic E-state index is 0.270. The van der Waals surface area contributed by atoms with E-state index in [1.54, 1.807) is 30.3 Å². The van der Waals surface area contributed by atoms with Crippen LogP contribution in [0, 0.1) is 5.82 Å². The van der Waals surface area contributed by atoms with E-state index in [1.165, 1.54) is 19.2 Å². The average molecular weight is 288 g/mol. The maximum atomic E-state index is 12.9. The van der Waals surface area contributed by atoms with E-state index in [4.69, 9.17) is 10.5 Å². The molecule has 2 rings (SSSR count). The van der Waals surface area contributed by atoms with Crippen LogP contribution in [0.3, 0.4) is 0 Å². The predicted molar refractivity (Wildman–Crippen MR) is 80.7 cm³/mol. The van der Waals surface area contributed by atoms with E-state index in [9.17, 15) is 9.18 Å². The maximum Gasteiger partial charge on any atom is 0.337 e. The smallest absolute Gasteiger partial charge is 0.337 e. The molecule has 0 aliphatic heterocycles. The molecule has 0 aliphatic carbocycles. The SMILES string of the molecule is COC(=O)c1ccc(N)c(N(C)Cc2ccc(F)cc2)c1. The second-order valence-corrected chi connectivity index (χ2v) is 4.75. The Morgan fingerprint density at radius 3 is 2.52 bits per heavy atom. The Kier molecular flexibility index (Phi) is 4.42. The number of esters is 1. The summed E-state index contributed by atoms with van der Waals surface area (Å²) in [6, 6.07) is 11.2. The molecule has 0 amide bonds. The zero-order valence-corrected chi connectivity index (χ0v) is 12.0. The number of hydrogen-bond acceptors (Lipinski definition) is 4. The molecular weight excluding hydrogens is 271 g/mol. The molecule has 5 heteroatoms. The molecule has 0 atom stereocenters. The van der Waals surface area contributed by atoms with Gasteiger partial charge in [-0.2, -0.15) is 0 Å². The summed E-state index contributed by atoms with van der Waals surface area (Å²) < 4.78 is 17.6. The summed E-state index contributed by atoms with van der Waals surface area (Å²) in [4.78, 5) is 13.5. The fraction of sp³-hybridized carbons (Fsp3) is 0.188. The van der Waals surface area contributed by atoms with Crippen molar-refractivity contribution in [3.05, 3.63) is 59.4 Å². The number of ether oxygens (including phenoxy) is 1. The molecule has 110 valence electrons. The summed E-state index contributed by atoms with van der Waals surface area (Å²) >= 11 is 0. The van der Waals surface area contributed by atoms with Gasteiger partial charge in [-0.3, -0.25) is 0 Å². The predicted octanol–water partition coefficient (Wildman–Crippen LogP) is 2.83. The number of benzene rings is 2. The molecule has 0 unspecified atom stereocenters. The molecule has 0 radical (unpaired) electrons. The first-order valence-electron chi connectivity index (χ1n) is 6.44. The largest absolute Gasteiger partial charge is 0.465 e. The number of anilines is 2. The number of carbonyl (C=O) groups is 1. The van der Waals surface area contributed by atoms with Gasteiger partial charge in [0.15, 0.2) is 0 Å². The zero-order chi connectivity index (χ0) is 15.4. The number of nitrogens with zero attached hydrogens (tertiary/aromatic N) is 1. The van der Waals surface area contributed by atoms with Gasteiger partial charge >= 0.3 is 5.97 Å². The highest BCUT2D eigenvalue weighted by Gasteiger charge is 2.11. The van der Waals surface area contributed by atoms with Crippen molar-refractivity contribution in [1.82, 2.24) is 0 Å². The van der Waals surface area contributed by atoms with Crippen LogP contribution in [0.2, 0.25) is 0 Å². The molecule has 0 heterocycles. The summed E-state index contributed by atoms with van der Waals surface area (Å²) in [6.45, 7) is 0.551. The first kappa shape index (κ1) is 14.8. The van der Waals surface area contributed by atoms with Crippen molar-refractivity contribution in [3.8, 4) is 0 Å². The molecule has 2 aromatic carbocycles. The Hall–Kier alpha value is -2.56. The molecule has 0 aromatic heterocycles. The van der Waals surface area contributed by atoms with Gasteiger partial charge in [0.25, 0.3) is 0 Å². The number of nitrogen functional groups attached to an aromatic ring is 1. The van der Waals surface area contributed by atoms with E-state index >= 15 is 0 Å². The molecule has 0 bridgehead atoms. The van der Waals surface area contributed by atoms with Crippen LogP contribution in [0.5, 0.6) is 0 Å². The van der Waals surface area contributed by atoms with E-state index in [0.717, 1.165) is 11.3 Å². The van der Waals surface area contributed by atoms with Crippen LogP contribution in [-0.2, 0) is 11.3 Å². The standard InChI is InChI=1S/C16H17FN2O2/c1-19(10-11-3-6-13(17)7-4-11)15-9-12(16(20)21-2)5-8-14(15)18/h3-9H,10,18H2,1-2H3. The van der Waals surface area contributed by atoms with Crippen molar-refractivity contribution in [2.75, 3.05) is 24.8 Å². The Bertz CT molecular complexity index is 641. The van der Waals surface area contributed by atoms with Crippen molar-refractivity contribution >= 4 is 17.3 Å². The fourth-order valence-corrected chi connectivity index (χ4v) is 2.07. The molecule has 0 fully saturated rings. The van der Waals surface area contributed by atoms with Gasteiger partial charge in [-0.05, 0) is 35.9 Å². The van der Waals surface area contributed by atoms with Gasteiger partial charge in [-0.15, -0.1) is 0 Å². The van der Waals surface area contributed by atoms with Gasteiger partial charge in [0.2, 0.25) is 0 Å². The van der Waals surface area contributed by atoms with Gasteiger partial charge in [-0.25, -0.2) is 9.18 Å². The Labute approximate surface area is 122 Å². The number of rotatable bonds is 4. The fourth-order valence-electron chi connectivity index (χ4n) is 2.07. The Morgan fingerprint density at radius 1 is 1.24 bits per heavy atom. The van der Waals surface area contributed by atoms with Crippen molar-refractivity contribution in [2.45, 2.75) is 6.54 Å². The topological polar surface area (TPSA) is 55.6 Å². The monoisotopic (exact) mass is 288 g/mol. The lowest BCUT2D eigenvalue weighted by Crippen LogP contribution is -2.18. The van der Waals surface area contributed by atoms with Gasteiger partial charge < -0.3 is 15.4 Å². The number of nitrogens with two attached hydrogens (primary N) is 1. The summed E-state index contributed by atoms with van der Waals surface area (Å²) in [7, 11) is 3.19. The highest BCUT2D eigenvalue weighted by molar-refractivity contribution is 5.92. The third kappa shape index (κ3) is 3.51. The van der Waals surface area contributed by atoms with Crippen LogP contribution in [0.1, 0.15) is 15.9 Å². The van der Waals surface area contributed by atoms with Gasteiger partial charge in [-0.1, -0.05) is 12.1 Å². The summed E-state index contributed by atoms with van der Waals surface area (Å²) in [5, 5.41) is 0. The number of halogens is 1. The van der Waals surface area contributed by atoms with Crippen LogP contribution in [0.4, 0.5) is 15.8 Å². The highest BCUT2D eigenvalue weighted by atomic mass is 19.1. The molecule has 2 N–H and O–H groups in total. The highest BCUT2D eigenvalue weighted by Crippen LogP contribution is 2.25. The minimum atomic E-state index is -0.411. The van der Waals surface area contributed by atoms with Gasteiger partial charge in [0.1, 0.15) is 5.82 Å². The molecule has 0 spiro atoms. The van der Waals surface area contributed by atoms with Crippen LogP contribution in [0.15, 0.2) is 42.5 Å². The van der Waals surface area contributed by atoms with E-state index in [1.807, 2.05) is 11.9 Å². The second kappa shape index (κ2) is 6.26. The van der Waals surface area contributed by atoms with E-state index < -0.39 is 5.97 Å². The number of methoxy groups -OCH3 is 1. The molecule has 2 aromatic rings. The van der Waals surface area contributed by atoms with E-state index in [-0.39, 0.29) is 5.82 Å². The van der Waals surface area contributed by atoms with Crippen LogP contribution < -0.4 is 10.6 Å². The first-order chi connectivity index (χ1) is 10.0. The molecule has 0 saturated heterocycles. The van der Waals surface area contributed by atoms with Crippen molar-refractivity contribution in [3.63, 3.8) is 0 Å². The van der Waals surface area contributed by atoms with Crippen LogP contribution in [0.25, 0.3) is 0 Å². The molecule has 21 heavy (non-hydrogen) atoms. The molecular formula is C16H17FN2O2. The Morgan fingerprint density at radius 2 is 1.90 bits per heavy atom.